The Bertz CT molecular complexity index is 402. The van der Waals surface area contributed by atoms with Gasteiger partial charge in [0.2, 0.25) is 0 Å². The number of hydrogen-bond donors (Lipinski definition) is 2. The highest BCUT2D eigenvalue weighted by Crippen LogP contribution is 2.29. The first kappa shape index (κ1) is 15.8. The number of rotatable bonds is 5. The van der Waals surface area contributed by atoms with Gasteiger partial charge in [-0.3, -0.25) is 0 Å². The molecule has 1 saturated carbocycles. The zero-order valence-electron chi connectivity index (χ0n) is 12.6. The number of benzene rings is 1. The highest BCUT2D eigenvalue weighted by Gasteiger charge is 2.27. The van der Waals surface area contributed by atoms with Crippen molar-refractivity contribution >= 4 is 11.6 Å². The Labute approximate surface area is 128 Å². The van der Waals surface area contributed by atoms with Crippen LogP contribution in [0.15, 0.2) is 24.3 Å². The summed E-state index contributed by atoms with van der Waals surface area (Å²) in [4.78, 5) is 0. The minimum atomic E-state index is 0.379. The van der Waals surface area contributed by atoms with E-state index in [1.807, 2.05) is 12.1 Å². The molecule has 3 heteroatoms. The molecule has 0 amide bonds. The van der Waals surface area contributed by atoms with Crippen LogP contribution in [0.1, 0.15) is 51.1 Å². The van der Waals surface area contributed by atoms with Gasteiger partial charge in [0, 0.05) is 17.1 Å². The van der Waals surface area contributed by atoms with Crippen LogP contribution in [0.4, 0.5) is 0 Å². The summed E-state index contributed by atoms with van der Waals surface area (Å²) >= 11 is 6.00. The summed E-state index contributed by atoms with van der Waals surface area (Å²) < 4.78 is 0. The van der Waals surface area contributed by atoms with E-state index in [0.717, 1.165) is 11.6 Å². The maximum Gasteiger partial charge on any atom is 0.0406 e. The van der Waals surface area contributed by atoms with Crippen LogP contribution < -0.4 is 11.1 Å². The van der Waals surface area contributed by atoms with Crippen LogP contribution in [0.5, 0.6) is 0 Å². The third kappa shape index (κ3) is 3.97. The molecule has 1 aliphatic rings. The van der Waals surface area contributed by atoms with Crippen LogP contribution in [-0.2, 0) is 0 Å². The molecular formula is C17H27ClN2. The van der Waals surface area contributed by atoms with E-state index in [9.17, 15) is 0 Å². The van der Waals surface area contributed by atoms with E-state index in [0.29, 0.717) is 23.9 Å². The summed E-state index contributed by atoms with van der Waals surface area (Å²) in [6.07, 6.45) is 5.16. The number of nitrogens with one attached hydrogen (secondary N) is 1. The average Bonchev–Trinajstić information content (AvgIpc) is 2.46. The zero-order chi connectivity index (χ0) is 14.5. The standard InChI is InChI=1S/C17H27ClN2/c1-12(2)17(13-7-9-15(18)10-8-13)20-16-6-4-3-5-14(16)11-19/h7-10,12,14,16-17,20H,3-6,11,19H2,1-2H3. The van der Waals surface area contributed by atoms with E-state index in [2.05, 4.69) is 31.3 Å². The summed E-state index contributed by atoms with van der Waals surface area (Å²) in [5, 5.41) is 4.67. The Balaban J connectivity index is 2.10. The number of hydrogen-bond acceptors (Lipinski definition) is 2. The fraction of sp³-hybridized carbons (Fsp3) is 0.647. The lowest BCUT2D eigenvalue weighted by Gasteiger charge is -2.36. The Morgan fingerprint density at radius 1 is 1.20 bits per heavy atom. The van der Waals surface area contributed by atoms with Gasteiger partial charge in [-0.15, -0.1) is 0 Å². The maximum atomic E-state index is 6.00. The minimum absolute atomic E-state index is 0.379. The molecule has 0 bridgehead atoms. The monoisotopic (exact) mass is 294 g/mol. The third-order valence-electron chi connectivity index (χ3n) is 4.50. The van der Waals surface area contributed by atoms with E-state index < -0.39 is 0 Å². The molecule has 20 heavy (non-hydrogen) atoms. The van der Waals surface area contributed by atoms with Gasteiger partial charge in [0.25, 0.3) is 0 Å². The Hall–Kier alpha value is -0.570. The second-order valence-electron chi connectivity index (χ2n) is 6.33. The molecule has 0 spiro atoms. The smallest absolute Gasteiger partial charge is 0.0406 e. The highest BCUT2D eigenvalue weighted by molar-refractivity contribution is 6.30. The summed E-state index contributed by atoms with van der Waals surface area (Å²) in [6, 6.07) is 9.17. The van der Waals surface area contributed by atoms with E-state index in [-0.39, 0.29) is 0 Å². The average molecular weight is 295 g/mol. The maximum absolute atomic E-state index is 6.00. The Morgan fingerprint density at radius 2 is 1.85 bits per heavy atom. The van der Waals surface area contributed by atoms with Crippen molar-refractivity contribution in [2.75, 3.05) is 6.54 Å². The molecule has 2 rings (SSSR count). The molecule has 3 N–H and O–H groups in total. The van der Waals surface area contributed by atoms with Gasteiger partial charge < -0.3 is 11.1 Å². The first-order valence-corrected chi connectivity index (χ1v) is 8.21. The number of nitrogens with two attached hydrogens (primary N) is 1. The Morgan fingerprint density at radius 3 is 2.45 bits per heavy atom. The largest absolute Gasteiger partial charge is 0.330 e. The predicted octanol–water partition coefficient (Wildman–Crippen LogP) is 4.14. The van der Waals surface area contributed by atoms with Gasteiger partial charge in [-0.1, -0.05) is 50.4 Å². The van der Waals surface area contributed by atoms with Gasteiger partial charge in [-0.25, -0.2) is 0 Å². The van der Waals surface area contributed by atoms with Crippen LogP contribution in [0, 0.1) is 11.8 Å². The van der Waals surface area contributed by atoms with Crippen LogP contribution in [0.3, 0.4) is 0 Å². The molecule has 1 fully saturated rings. The first-order valence-electron chi connectivity index (χ1n) is 7.83. The lowest BCUT2D eigenvalue weighted by molar-refractivity contribution is 0.229. The molecule has 0 aliphatic heterocycles. The van der Waals surface area contributed by atoms with Crippen molar-refractivity contribution in [3.8, 4) is 0 Å². The molecule has 1 aromatic rings. The lowest BCUT2D eigenvalue weighted by Crippen LogP contribution is -2.44. The van der Waals surface area contributed by atoms with Gasteiger partial charge >= 0.3 is 0 Å². The molecule has 1 aromatic carbocycles. The predicted molar refractivity (Wildman–Crippen MR) is 87.0 cm³/mol. The molecule has 1 aliphatic carbocycles. The van der Waals surface area contributed by atoms with Crippen LogP contribution >= 0.6 is 11.6 Å². The molecule has 3 unspecified atom stereocenters. The molecule has 0 radical (unpaired) electrons. The SMILES string of the molecule is CC(C)C(NC1CCCCC1CN)c1ccc(Cl)cc1. The van der Waals surface area contributed by atoms with E-state index in [1.165, 1.54) is 31.2 Å². The van der Waals surface area contributed by atoms with Crippen LogP contribution in [0.25, 0.3) is 0 Å². The zero-order valence-corrected chi connectivity index (χ0v) is 13.4. The Kier molecular flexibility index (Phi) is 5.88. The molecule has 3 atom stereocenters. The van der Waals surface area contributed by atoms with Crippen molar-refractivity contribution in [1.29, 1.82) is 0 Å². The summed E-state index contributed by atoms with van der Waals surface area (Å²) in [6.45, 7) is 5.34. The fourth-order valence-corrected chi connectivity index (χ4v) is 3.41. The van der Waals surface area contributed by atoms with Crippen molar-refractivity contribution in [1.82, 2.24) is 5.32 Å². The fourth-order valence-electron chi connectivity index (χ4n) is 3.28. The van der Waals surface area contributed by atoms with E-state index in [1.54, 1.807) is 0 Å². The van der Waals surface area contributed by atoms with Gasteiger partial charge in [-0.05, 0) is 48.9 Å². The molecule has 0 saturated heterocycles. The number of halogens is 1. The highest BCUT2D eigenvalue weighted by atomic mass is 35.5. The van der Waals surface area contributed by atoms with Crippen molar-refractivity contribution in [2.45, 2.75) is 51.6 Å². The van der Waals surface area contributed by atoms with Gasteiger partial charge in [0.05, 0.1) is 0 Å². The van der Waals surface area contributed by atoms with Crippen molar-refractivity contribution in [2.24, 2.45) is 17.6 Å². The first-order chi connectivity index (χ1) is 9.61. The van der Waals surface area contributed by atoms with Gasteiger partial charge in [0.1, 0.15) is 0 Å². The normalized spacial score (nSPS) is 24.9. The van der Waals surface area contributed by atoms with Crippen molar-refractivity contribution in [3.63, 3.8) is 0 Å². The van der Waals surface area contributed by atoms with Gasteiger partial charge in [-0.2, -0.15) is 0 Å². The van der Waals surface area contributed by atoms with Gasteiger partial charge in [0.15, 0.2) is 0 Å². The molecule has 112 valence electrons. The van der Waals surface area contributed by atoms with Crippen LogP contribution in [0.2, 0.25) is 5.02 Å². The lowest BCUT2D eigenvalue weighted by atomic mass is 9.83. The molecular weight excluding hydrogens is 268 g/mol. The van der Waals surface area contributed by atoms with E-state index in [4.69, 9.17) is 17.3 Å². The quantitative estimate of drug-likeness (QED) is 0.856. The summed E-state index contributed by atoms with van der Waals surface area (Å²) in [5.41, 5.74) is 7.27. The van der Waals surface area contributed by atoms with Crippen LogP contribution in [-0.4, -0.2) is 12.6 Å². The second kappa shape index (κ2) is 7.44. The second-order valence-corrected chi connectivity index (χ2v) is 6.76. The van der Waals surface area contributed by atoms with Crippen molar-refractivity contribution < 1.29 is 0 Å². The third-order valence-corrected chi connectivity index (χ3v) is 4.75. The summed E-state index contributed by atoms with van der Waals surface area (Å²) in [5.74, 6) is 1.17. The minimum Gasteiger partial charge on any atom is -0.330 e. The molecule has 0 aromatic heterocycles. The molecule has 2 nitrogen and oxygen atoms in total. The van der Waals surface area contributed by atoms with E-state index >= 15 is 0 Å². The summed E-state index contributed by atoms with van der Waals surface area (Å²) in [7, 11) is 0. The van der Waals surface area contributed by atoms with Crippen molar-refractivity contribution in [3.05, 3.63) is 34.9 Å². The topological polar surface area (TPSA) is 38.0 Å². The molecule has 0 heterocycles.